The summed E-state index contributed by atoms with van der Waals surface area (Å²) >= 11 is 6.10. The van der Waals surface area contributed by atoms with Gasteiger partial charge in [-0.3, -0.25) is 4.98 Å². The minimum absolute atomic E-state index is 0.482. The zero-order chi connectivity index (χ0) is 13.1. The average Bonchev–Trinajstić information content (AvgIpc) is 2.40. The summed E-state index contributed by atoms with van der Waals surface area (Å²) in [4.78, 5) is 13.0. The summed E-state index contributed by atoms with van der Waals surface area (Å²) in [6, 6.07) is 3.52. The van der Waals surface area contributed by atoms with Crippen LogP contribution in [0.4, 0.5) is 5.82 Å². The van der Waals surface area contributed by atoms with Crippen LogP contribution in [0.5, 0.6) is 0 Å². The largest absolute Gasteiger partial charge is 0.308 e. The molecule has 0 spiro atoms. The number of hydrogen-bond donors (Lipinski definition) is 2. The third-order valence-corrected chi connectivity index (χ3v) is 2.99. The molecule has 0 saturated heterocycles. The molecule has 0 atom stereocenters. The summed E-state index contributed by atoms with van der Waals surface area (Å²) < 4.78 is 0. The smallest absolute Gasteiger partial charge is 0.182 e. The van der Waals surface area contributed by atoms with Crippen molar-refractivity contribution in [2.75, 3.05) is 5.43 Å². The van der Waals surface area contributed by atoms with Crippen LogP contribution in [0, 0.1) is 6.92 Å². The van der Waals surface area contributed by atoms with E-state index < -0.39 is 0 Å². The summed E-state index contributed by atoms with van der Waals surface area (Å²) in [5.74, 6) is 6.54. The molecule has 0 aromatic carbocycles. The Bertz CT molecular complexity index is 545. The van der Waals surface area contributed by atoms with Crippen molar-refractivity contribution in [1.82, 2.24) is 15.0 Å². The van der Waals surface area contributed by atoms with Crippen LogP contribution >= 0.6 is 11.6 Å². The molecule has 0 saturated carbocycles. The van der Waals surface area contributed by atoms with Crippen LogP contribution in [0.3, 0.4) is 0 Å². The molecule has 18 heavy (non-hydrogen) atoms. The Morgan fingerprint density at radius 1 is 1.39 bits per heavy atom. The first-order chi connectivity index (χ1) is 8.67. The van der Waals surface area contributed by atoms with Crippen molar-refractivity contribution in [2.24, 2.45) is 5.84 Å². The first-order valence-corrected chi connectivity index (χ1v) is 6.00. The number of aromatic nitrogens is 3. The molecule has 0 unspecified atom stereocenters. The zero-order valence-electron chi connectivity index (χ0n) is 10.2. The first-order valence-electron chi connectivity index (χ1n) is 5.62. The second kappa shape index (κ2) is 5.29. The van der Waals surface area contributed by atoms with Gasteiger partial charge >= 0.3 is 0 Å². The molecule has 0 aliphatic heterocycles. The van der Waals surface area contributed by atoms with Crippen LogP contribution < -0.4 is 11.3 Å². The maximum Gasteiger partial charge on any atom is 0.182 e. The minimum Gasteiger partial charge on any atom is -0.308 e. The van der Waals surface area contributed by atoms with Gasteiger partial charge in [0.15, 0.2) is 5.82 Å². The van der Waals surface area contributed by atoms with Gasteiger partial charge in [-0.25, -0.2) is 15.8 Å². The minimum atomic E-state index is 0.482. The number of hydrazine groups is 1. The normalized spacial score (nSPS) is 10.4. The van der Waals surface area contributed by atoms with E-state index in [1.807, 2.05) is 13.8 Å². The van der Waals surface area contributed by atoms with Gasteiger partial charge in [0.2, 0.25) is 0 Å². The summed E-state index contributed by atoms with van der Waals surface area (Å²) in [6.45, 7) is 3.96. The van der Waals surface area contributed by atoms with Crippen LogP contribution in [0.2, 0.25) is 5.02 Å². The van der Waals surface area contributed by atoms with Crippen LogP contribution in [0.1, 0.15) is 18.2 Å². The highest BCUT2D eigenvalue weighted by atomic mass is 35.5. The highest BCUT2D eigenvalue weighted by molar-refractivity contribution is 6.32. The summed E-state index contributed by atoms with van der Waals surface area (Å²) in [5, 5.41) is 0.520. The van der Waals surface area contributed by atoms with E-state index in [1.165, 1.54) is 0 Å². The number of anilines is 1. The number of nitrogens with zero attached hydrogens (tertiary/aromatic N) is 3. The summed E-state index contributed by atoms with van der Waals surface area (Å²) in [6.07, 6.45) is 2.45. The number of nitrogen functional groups attached to an aromatic ring is 1. The molecule has 0 aliphatic carbocycles. The topological polar surface area (TPSA) is 76.7 Å². The predicted molar refractivity (Wildman–Crippen MR) is 72.2 cm³/mol. The summed E-state index contributed by atoms with van der Waals surface area (Å²) in [7, 11) is 0. The molecule has 94 valence electrons. The van der Waals surface area contributed by atoms with E-state index in [9.17, 15) is 0 Å². The van der Waals surface area contributed by atoms with Gasteiger partial charge in [0.25, 0.3) is 0 Å². The highest BCUT2D eigenvalue weighted by Crippen LogP contribution is 2.25. The van der Waals surface area contributed by atoms with Gasteiger partial charge in [0.05, 0.1) is 5.02 Å². The molecular weight excluding hydrogens is 250 g/mol. The Hall–Kier alpha value is -1.72. The van der Waals surface area contributed by atoms with Gasteiger partial charge in [-0.15, -0.1) is 0 Å². The molecule has 0 fully saturated rings. The highest BCUT2D eigenvalue weighted by Gasteiger charge is 2.13. The van der Waals surface area contributed by atoms with Crippen LogP contribution in [-0.4, -0.2) is 15.0 Å². The molecule has 6 heteroatoms. The third kappa shape index (κ3) is 2.27. The third-order valence-electron chi connectivity index (χ3n) is 2.69. The molecule has 0 amide bonds. The monoisotopic (exact) mass is 263 g/mol. The molecule has 2 aromatic rings. The maximum atomic E-state index is 6.10. The van der Waals surface area contributed by atoms with Crippen molar-refractivity contribution in [1.29, 1.82) is 0 Å². The van der Waals surface area contributed by atoms with Crippen molar-refractivity contribution in [3.63, 3.8) is 0 Å². The van der Waals surface area contributed by atoms with Crippen molar-refractivity contribution in [2.45, 2.75) is 20.3 Å². The lowest BCUT2D eigenvalue weighted by atomic mass is 10.2. The quantitative estimate of drug-likeness (QED) is 0.657. The van der Waals surface area contributed by atoms with Crippen molar-refractivity contribution in [3.8, 4) is 11.5 Å². The zero-order valence-corrected chi connectivity index (χ0v) is 11.0. The van der Waals surface area contributed by atoms with Crippen LogP contribution in [-0.2, 0) is 6.42 Å². The number of pyridine rings is 1. The van der Waals surface area contributed by atoms with Crippen LogP contribution in [0.15, 0.2) is 18.3 Å². The van der Waals surface area contributed by atoms with Crippen LogP contribution in [0.25, 0.3) is 11.5 Å². The Kier molecular flexibility index (Phi) is 3.74. The molecule has 3 N–H and O–H groups in total. The van der Waals surface area contributed by atoms with Gasteiger partial charge in [-0.2, -0.15) is 0 Å². The van der Waals surface area contributed by atoms with E-state index in [0.29, 0.717) is 22.4 Å². The first kappa shape index (κ1) is 12.7. The number of rotatable bonds is 3. The standard InChI is InChI=1S/C12H14ClN5/c1-3-9-7(2)11(18-14)17-12(16-9)10-8(13)5-4-6-15-10/h4-6H,3,14H2,1-2H3,(H,16,17,18). The summed E-state index contributed by atoms with van der Waals surface area (Å²) in [5.41, 5.74) is 5.00. The van der Waals surface area contributed by atoms with Crippen molar-refractivity contribution >= 4 is 17.4 Å². The molecule has 0 radical (unpaired) electrons. The Labute approximate surface area is 110 Å². The van der Waals surface area contributed by atoms with E-state index in [-0.39, 0.29) is 0 Å². The fraction of sp³-hybridized carbons (Fsp3) is 0.250. The van der Waals surface area contributed by atoms with Gasteiger partial charge in [-0.1, -0.05) is 18.5 Å². The second-order valence-corrected chi connectivity index (χ2v) is 4.21. The lowest BCUT2D eigenvalue weighted by Crippen LogP contribution is -2.13. The number of aryl methyl sites for hydroxylation is 1. The molecule has 2 heterocycles. The number of halogens is 1. The maximum absolute atomic E-state index is 6.10. The lowest BCUT2D eigenvalue weighted by Gasteiger charge is -2.11. The van der Waals surface area contributed by atoms with Gasteiger partial charge in [0.1, 0.15) is 11.5 Å². The molecular formula is C12H14ClN5. The molecule has 5 nitrogen and oxygen atoms in total. The van der Waals surface area contributed by atoms with Gasteiger partial charge in [0, 0.05) is 17.5 Å². The van der Waals surface area contributed by atoms with Gasteiger partial charge < -0.3 is 5.43 Å². The van der Waals surface area contributed by atoms with E-state index in [1.54, 1.807) is 18.3 Å². The number of nitrogens with one attached hydrogen (secondary N) is 1. The van der Waals surface area contributed by atoms with E-state index in [4.69, 9.17) is 17.4 Å². The lowest BCUT2D eigenvalue weighted by molar-refractivity contribution is 0.967. The number of hydrogen-bond acceptors (Lipinski definition) is 5. The fourth-order valence-corrected chi connectivity index (χ4v) is 1.91. The molecule has 2 rings (SSSR count). The predicted octanol–water partition coefficient (Wildman–Crippen LogP) is 2.35. The Balaban J connectivity index is 2.62. The van der Waals surface area contributed by atoms with Crippen molar-refractivity contribution < 1.29 is 0 Å². The van der Waals surface area contributed by atoms with Gasteiger partial charge in [-0.05, 0) is 25.5 Å². The molecule has 2 aromatic heterocycles. The van der Waals surface area contributed by atoms with E-state index in [2.05, 4.69) is 20.4 Å². The SMILES string of the molecule is CCc1nc(-c2ncccc2Cl)nc(NN)c1C. The number of nitrogens with two attached hydrogens (primary N) is 1. The second-order valence-electron chi connectivity index (χ2n) is 3.80. The van der Waals surface area contributed by atoms with E-state index in [0.717, 1.165) is 17.7 Å². The average molecular weight is 264 g/mol. The van der Waals surface area contributed by atoms with E-state index >= 15 is 0 Å². The van der Waals surface area contributed by atoms with Crippen molar-refractivity contribution in [3.05, 3.63) is 34.6 Å². The Morgan fingerprint density at radius 3 is 2.78 bits per heavy atom. The molecule has 0 bridgehead atoms. The fourth-order valence-electron chi connectivity index (χ4n) is 1.70. The molecule has 0 aliphatic rings. The Morgan fingerprint density at radius 2 is 2.17 bits per heavy atom.